The largest absolute Gasteiger partial charge is 0.326 e. The molecular formula is C20H14Cl3N5O3. The first kappa shape index (κ1) is 21.2. The number of nitrogens with zero attached hydrogens (tertiary/aromatic N) is 1. The number of carbonyl (C=O) groups is 2. The summed E-state index contributed by atoms with van der Waals surface area (Å²) in [5, 5.41) is 9.19. The lowest BCUT2D eigenvalue weighted by Gasteiger charge is -2.24. The number of carbonyl (C=O) groups excluding carboxylic acids is 2. The molecule has 1 atom stereocenters. The molecule has 0 saturated carbocycles. The number of para-hydroxylation sites is 1. The average molecular weight is 479 g/mol. The maximum Gasteiger partial charge on any atom is 0.258 e. The van der Waals surface area contributed by atoms with Gasteiger partial charge in [-0.3, -0.25) is 19.4 Å². The molecule has 158 valence electrons. The number of benzene rings is 2. The van der Waals surface area contributed by atoms with Crippen molar-refractivity contribution in [2.75, 3.05) is 16.0 Å². The van der Waals surface area contributed by atoms with Crippen LogP contribution in [-0.4, -0.2) is 21.8 Å². The third kappa shape index (κ3) is 4.66. The zero-order valence-corrected chi connectivity index (χ0v) is 17.9. The lowest BCUT2D eigenvalue weighted by molar-refractivity contribution is -0.123. The van der Waals surface area contributed by atoms with Crippen molar-refractivity contribution < 1.29 is 9.59 Å². The first-order valence-corrected chi connectivity index (χ1v) is 10.2. The number of hydrogen-bond donors (Lipinski definition) is 4. The SMILES string of the molecule is O=C1C[C@@H](C(=O)Nc2ccccc2Cl)c2c(nc(Nc3cc(Cl)cc(Cl)c3)[nH]c2=O)N1. The van der Waals surface area contributed by atoms with Gasteiger partial charge in [0.2, 0.25) is 17.8 Å². The van der Waals surface area contributed by atoms with Gasteiger partial charge < -0.3 is 16.0 Å². The fourth-order valence-corrected chi connectivity index (χ4v) is 3.91. The number of H-pyrrole nitrogens is 1. The highest BCUT2D eigenvalue weighted by atomic mass is 35.5. The number of aromatic nitrogens is 2. The molecule has 0 bridgehead atoms. The first-order valence-electron chi connectivity index (χ1n) is 9.03. The van der Waals surface area contributed by atoms with Gasteiger partial charge in [-0.05, 0) is 30.3 Å². The van der Waals surface area contributed by atoms with Gasteiger partial charge in [-0.25, -0.2) is 0 Å². The molecule has 2 heterocycles. The Morgan fingerprint density at radius 2 is 1.77 bits per heavy atom. The van der Waals surface area contributed by atoms with Crippen LogP contribution in [-0.2, 0) is 9.59 Å². The Labute approximate surface area is 190 Å². The standard InChI is InChI=1S/C20H14Cl3N5O3/c21-9-5-10(22)7-11(6-9)24-20-27-17-16(19(31)28-20)12(8-15(29)26-17)18(30)25-14-4-2-1-3-13(14)23/h1-7,12H,8H2,(H,25,30)(H3,24,26,27,28,29,31)/t12-/m1/s1. The van der Waals surface area contributed by atoms with Crippen LogP contribution in [0.15, 0.2) is 47.3 Å². The van der Waals surface area contributed by atoms with E-state index < -0.39 is 23.3 Å². The Hall–Kier alpha value is -3.07. The molecule has 0 radical (unpaired) electrons. The topological polar surface area (TPSA) is 116 Å². The van der Waals surface area contributed by atoms with E-state index in [0.29, 0.717) is 26.4 Å². The molecule has 1 aromatic heterocycles. The van der Waals surface area contributed by atoms with Gasteiger partial charge in [-0.15, -0.1) is 0 Å². The fraction of sp³-hybridized carbons (Fsp3) is 0.100. The Balaban J connectivity index is 1.66. The summed E-state index contributed by atoms with van der Waals surface area (Å²) in [4.78, 5) is 44.7. The highest BCUT2D eigenvalue weighted by Gasteiger charge is 2.35. The van der Waals surface area contributed by atoms with E-state index in [9.17, 15) is 14.4 Å². The van der Waals surface area contributed by atoms with Crippen molar-refractivity contribution in [3.05, 3.63) is 73.4 Å². The number of fused-ring (bicyclic) bond motifs is 1. The van der Waals surface area contributed by atoms with Crippen LogP contribution in [0.4, 0.5) is 23.1 Å². The molecule has 2 aromatic carbocycles. The average Bonchev–Trinajstić information content (AvgIpc) is 2.68. The number of anilines is 4. The third-order valence-corrected chi connectivity index (χ3v) is 5.29. The number of nitrogens with one attached hydrogen (secondary N) is 4. The van der Waals surface area contributed by atoms with E-state index in [-0.39, 0.29) is 23.8 Å². The molecule has 0 unspecified atom stereocenters. The van der Waals surface area contributed by atoms with Crippen LogP contribution in [0.3, 0.4) is 0 Å². The molecule has 4 rings (SSSR count). The smallest absolute Gasteiger partial charge is 0.258 e. The van der Waals surface area contributed by atoms with E-state index in [1.54, 1.807) is 42.5 Å². The highest BCUT2D eigenvalue weighted by Crippen LogP contribution is 2.31. The van der Waals surface area contributed by atoms with Gasteiger partial charge in [-0.2, -0.15) is 4.98 Å². The Kier molecular flexibility index (Phi) is 5.86. The number of halogens is 3. The number of hydrogen-bond acceptors (Lipinski definition) is 5. The minimum Gasteiger partial charge on any atom is -0.326 e. The zero-order valence-electron chi connectivity index (χ0n) is 15.6. The van der Waals surface area contributed by atoms with Crippen molar-refractivity contribution in [1.82, 2.24) is 9.97 Å². The van der Waals surface area contributed by atoms with Crippen LogP contribution >= 0.6 is 34.8 Å². The van der Waals surface area contributed by atoms with Crippen LogP contribution in [0.2, 0.25) is 15.1 Å². The lowest BCUT2D eigenvalue weighted by Crippen LogP contribution is -2.36. The van der Waals surface area contributed by atoms with E-state index in [4.69, 9.17) is 34.8 Å². The molecule has 0 saturated heterocycles. The maximum atomic E-state index is 12.9. The number of amides is 2. The van der Waals surface area contributed by atoms with E-state index in [1.807, 2.05) is 0 Å². The van der Waals surface area contributed by atoms with E-state index in [1.165, 1.54) is 0 Å². The van der Waals surface area contributed by atoms with E-state index >= 15 is 0 Å². The number of rotatable bonds is 4. The van der Waals surface area contributed by atoms with Crippen LogP contribution in [0.25, 0.3) is 0 Å². The number of aromatic amines is 1. The van der Waals surface area contributed by atoms with Crippen LogP contribution < -0.4 is 21.5 Å². The van der Waals surface area contributed by atoms with Gasteiger partial charge in [0.05, 0.1) is 22.2 Å². The van der Waals surface area contributed by atoms with E-state index in [0.717, 1.165) is 0 Å². The molecule has 0 aliphatic carbocycles. The third-order valence-electron chi connectivity index (χ3n) is 4.52. The van der Waals surface area contributed by atoms with Crippen LogP contribution in [0.5, 0.6) is 0 Å². The van der Waals surface area contributed by atoms with E-state index in [2.05, 4.69) is 25.9 Å². The Morgan fingerprint density at radius 3 is 2.48 bits per heavy atom. The molecular weight excluding hydrogens is 465 g/mol. The van der Waals surface area contributed by atoms with Crippen molar-refractivity contribution in [1.29, 1.82) is 0 Å². The van der Waals surface area contributed by atoms with Crippen molar-refractivity contribution >= 4 is 69.8 Å². The minimum absolute atomic E-state index is 0.00469. The molecule has 1 aliphatic heterocycles. The summed E-state index contributed by atoms with van der Waals surface area (Å²) in [7, 11) is 0. The van der Waals surface area contributed by atoms with Crippen LogP contribution in [0, 0.1) is 0 Å². The molecule has 2 amide bonds. The molecule has 4 N–H and O–H groups in total. The summed E-state index contributed by atoms with van der Waals surface area (Å²) in [6.07, 6.45) is -0.204. The van der Waals surface area contributed by atoms with Crippen molar-refractivity contribution in [2.45, 2.75) is 12.3 Å². The quantitative estimate of drug-likeness (QED) is 0.439. The lowest BCUT2D eigenvalue weighted by atomic mass is 9.92. The highest BCUT2D eigenvalue weighted by molar-refractivity contribution is 6.35. The van der Waals surface area contributed by atoms with Gasteiger partial charge >= 0.3 is 0 Å². The molecule has 0 fully saturated rings. The van der Waals surface area contributed by atoms with Gasteiger partial charge in [0.1, 0.15) is 5.82 Å². The fourth-order valence-electron chi connectivity index (χ4n) is 3.20. The van der Waals surface area contributed by atoms with Gasteiger partial charge in [-0.1, -0.05) is 46.9 Å². The predicted octanol–water partition coefficient (Wildman–Crippen LogP) is 4.54. The molecule has 11 heteroatoms. The van der Waals surface area contributed by atoms with Crippen molar-refractivity contribution in [3.63, 3.8) is 0 Å². The molecule has 8 nitrogen and oxygen atoms in total. The van der Waals surface area contributed by atoms with Crippen molar-refractivity contribution in [2.24, 2.45) is 0 Å². The summed E-state index contributed by atoms with van der Waals surface area (Å²) in [6, 6.07) is 11.4. The second-order valence-corrected chi connectivity index (χ2v) is 8.01. The second kappa shape index (κ2) is 8.58. The van der Waals surface area contributed by atoms with Crippen molar-refractivity contribution in [3.8, 4) is 0 Å². The molecule has 0 spiro atoms. The molecule has 3 aromatic rings. The normalized spacial score (nSPS) is 15.1. The summed E-state index contributed by atoms with van der Waals surface area (Å²) in [5.41, 5.74) is 0.344. The first-order chi connectivity index (χ1) is 14.8. The maximum absolute atomic E-state index is 12.9. The molecule has 31 heavy (non-hydrogen) atoms. The molecule has 1 aliphatic rings. The van der Waals surface area contributed by atoms with Gasteiger partial charge in [0.25, 0.3) is 5.56 Å². The summed E-state index contributed by atoms with van der Waals surface area (Å²) in [6.45, 7) is 0. The summed E-state index contributed by atoms with van der Waals surface area (Å²) < 4.78 is 0. The zero-order chi connectivity index (χ0) is 22.1. The summed E-state index contributed by atoms with van der Waals surface area (Å²) in [5.74, 6) is -1.98. The summed E-state index contributed by atoms with van der Waals surface area (Å²) >= 11 is 18.1. The monoisotopic (exact) mass is 477 g/mol. The Morgan fingerprint density at radius 1 is 1.06 bits per heavy atom. The predicted molar refractivity (Wildman–Crippen MR) is 121 cm³/mol. The van der Waals surface area contributed by atoms with Gasteiger partial charge in [0.15, 0.2) is 0 Å². The second-order valence-electron chi connectivity index (χ2n) is 6.73. The van der Waals surface area contributed by atoms with Gasteiger partial charge in [0, 0.05) is 22.2 Å². The van der Waals surface area contributed by atoms with Crippen LogP contribution in [0.1, 0.15) is 17.9 Å². The Bertz CT molecular complexity index is 1240. The minimum atomic E-state index is -1.04.